The first-order valence-corrected chi connectivity index (χ1v) is 10.2. The van der Waals surface area contributed by atoms with E-state index in [1.807, 2.05) is 0 Å². The van der Waals surface area contributed by atoms with Crippen LogP contribution in [0.4, 0.5) is 16.4 Å². The Hall–Kier alpha value is 0.154. The standard InChI is InChI=1S/C10H20F4Si2/c1-7-9(3,4)10(5,6)8(2)16(13,14)15(7,11)12/h7-8H,1-6H3/t7-,8-/m1/s1. The predicted octanol–water partition coefficient (Wildman–Crippen LogP) is 4.67. The summed E-state index contributed by atoms with van der Waals surface area (Å²) in [5.41, 5.74) is -3.77. The van der Waals surface area contributed by atoms with Gasteiger partial charge in [0.15, 0.2) is 0 Å². The summed E-state index contributed by atoms with van der Waals surface area (Å²) in [4.78, 5) is 0. The van der Waals surface area contributed by atoms with Crippen LogP contribution in [0.3, 0.4) is 0 Å². The summed E-state index contributed by atoms with van der Waals surface area (Å²) in [5.74, 6) is 0. The Morgan fingerprint density at radius 3 is 1.06 bits per heavy atom. The van der Waals surface area contributed by atoms with E-state index in [9.17, 15) is 16.4 Å². The van der Waals surface area contributed by atoms with Crippen molar-refractivity contribution < 1.29 is 16.4 Å². The van der Waals surface area contributed by atoms with E-state index in [4.69, 9.17) is 0 Å². The molecule has 1 fully saturated rings. The molecule has 0 aliphatic carbocycles. The van der Waals surface area contributed by atoms with Crippen molar-refractivity contribution in [2.45, 2.75) is 52.6 Å². The highest BCUT2D eigenvalue weighted by Gasteiger charge is 2.80. The van der Waals surface area contributed by atoms with Crippen LogP contribution in [0, 0.1) is 10.8 Å². The van der Waals surface area contributed by atoms with Gasteiger partial charge in [0.1, 0.15) is 0 Å². The first-order chi connectivity index (χ1) is 6.81. The van der Waals surface area contributed by atoms with Crippen molar-refractivity contribution in [2.75, 3.05) is 0 Å². The molecule has 0 radical (unpaired) electrons. The number of hydrogen-bond donors (Lipinski definition) is 0. The normalized spacial score (nSPS) is 39.4. The van der Waals surface area contributed by atoms with Gasteiger partial charge in [-0.1, -0.05) is 41.5 Å². The molecule has 0 spiro atoms. The maximum atomic E-state index is 13.9. The molecule has 1 rings (SSSR count). The van der Waals surface area contributed by atoms with Gasteiger partial charge < -0.3 is 0 Å². The van der Waals surface area contributed by atoms with Crippen molar-refractivity contribution in [3.8, 4) is 0 Å². The van der Waals surface area contributed by atoms with Crippen molar-refractivity contribution in [3.05, 3.63) is 0 Å². The first kappa shape index (κ1) is 14.2. The predicted molar refractivity (Wildman–Crippen MR) is 62.4 cm³/mol. The largest absolute Gasteiger partial charge is 0.480 e. The lowest BCUT2D eigenvalue weighted by atomic mass is 9.64. The molecule has 1 saturated heterocycles. The van der Waals surface area contributed by atoms with Gasteiger partial charge in [-0.05, 0) is 10.8 Å². The lowest BCUT2D eigenvalue weighted by molar-refractivity contribution is 0.0716. The van der Waals surface area contributed by atoms with Crippen LogP contribution < -0.4 is 0 Å². The van der Waals surface area contributed by atoms with Gasteiger partial charge in [-0.2, -0.15) is 0 Å². The zero-order valence-electron chi connectivity index (χ0n) is 10.7. The molecule has 1 aliphatic heterocycles. The average molecular weight is 272 g/mol. The minimum atomic E-state index is -5.40. The monoisotopic (exact) mass is 272 g/mol. The second kappa shape index (κ2) is 3.34. The second-order valence-corrected chi connectivity index (χ2v) is 14.4. The van der Waals surface area contributed by atoms with Crippen LogP contribution in [-0.4, -0.2) is 16.5 Å². The van der Waals surface area contributed by atoms with E-state index in [1.165, 1.54) is 13.8 Å². The SMILES string of the molecule is C[C@@H]1C(C)(C)C(C)(C)[C@@H](C)[Si](F)(F)[Si]1(F)F. The minimum Gasteiger partial charge on any atom is -0.268 e. The summed E-state index contributed by atoms with van der Waals surface area (Å²) in [7, 11) is -10.8. The maximum Gasteiger partial charge on any atom is 0.480 e. The van der Waals surface area contributed by atoms with Gasteiger partial charge in [-0.15, -0.1) is 0 Å². The highest BCUT2D eigenvalue weighted by Crippen LogP contribution is 2.66. The van der Waals surface area contributed by atoms with Crippen LogP contribution in [-0.2, 0) is 0 Å². The quantitative estimate of drug-likeness (QED) is 0.341. The number of halogens is 4. The summed E-state index contributed by atoms with van der Waals surface area (Å²) in [5, 5.41) is 0. The molecular formula is C10H20F4Si2. The lowest BCUT2D eigenvalue weighted by Gasteiger charge is -2.57. The van der Waals surface area contributed by atoms with Crippen molar-refractivity contribution in [3.63, 3.8) is 0 Å². The van der Waals surface area contributed by atoms with Gasteiger partial charge in [0.05, 0.1) is 0 Å². The van der Waals surface area contributed by atoms with Crippen LogP contribution in [0.2, 0.25) is 11.1 Å². The van der Waals surface area contributed by atoms with E-state index in [0.717, 1.165) is 0 Å². The molecule has 2 atom stereocenters. The number of rotatable bonds is 0. The molecule has 16 heavy (non-hydrogen) atoms. The van der Waals surface area contributed by atoms with Gasteiger partial charge in [-0.25, -0.2) is 0 Å². The molecule has 96 valence electrons. The van der Waals surface area contributed by atoms with E-state index in [0.29, 0.717) is 0 Å². The Labute approximate surface area is 96.9 Å². The minimum absolute atomic E-state index is 0.739. The molecule has 0 nitrogen and oxygen atoms in total. The number of hydrogen-bond acceptors (Lipinski definition) is 0. The third-order valence-electron chi connectivity index (χ3n) is 5.36. The van der Waals surface area contributed by atoms with Crippen molar-refractivity contribution in [1.29, 1.82) is 0 Å². The van der Waals surface area contributed by atoms with E-state index < -0.39 is 38.4 Å². The third-order valence-corrected chi connectivity index (χ3v) is 15.1. The smallest absolute Gasteiger partial charge is 0.268 e. The first-order valence-electron chi connectivity index (χ1n) is 5.57. The van der Waals surface area contributed by atoms with Crippen LogP contribution in [0.5, 0.6) is 0 Å². The Balaban J connectivity index is 3.39. The van der Waals surface area contributed by atoms with E-state index >= 15 is 0 Å². The summed E-state index contributed by atoms with van der Waals surface area (Å²) in [6, 6.07) is 0. The van der Waals surface area contributed by atoms with Crippen molar-refractivity contribution >= 4 is 16.5 Å². The molecule has 0 amide bonds. The Morgan fingerprint density at radius 1 is 0.688 bits per heavy atom. The molecule has 0 aromatic carbocycles. The van der Waals surface area contributed by atoms with Gasteiger partial charge in [-0.3, -0.25) is 16.4 Å². The van der Waals surface area contributed by atoms with E-state index in [2.05, 4.69) is 0 Å². The van der Waals surface area contributed by atoms with Crippen molar-refractivity contribution in [2.24, 2.45) is 10.8 Å². The van der Waals surface area contributed by atoms with E-state index in [1.54, 1.807) is 27.7 Å². The molecule has 1 aliphatic rings. The summed E-state index contributed by atoms with van der Waals surface area (Å²) >= 11 is 0. The van der Waals surface area contributed by atoms with Gasteiger partial charge in [0, 0.05) is 11.1 Å². The highest BCUT2D eigenvalue weighted by atomic mass is 29.3. The molecule has 0 bridgehead atoms. The van der Waals surface area contributed by atoms with Crippen LogP contribution >= 0.6 is 0 Å². The molecular weight excluding hydrogens is 252 g/mol. The maximum absolute atomic E-state index is 13.9. The van der Waals surface area contributed by atoms with Crippen molar-refractivity contribution in [1.82, 2.24) is 0 Å². The Bertz CT molecular complexity index is 241. The van der Waals surface area contributed by atoms with Crippen LogP contribution in [0.15, 0.2) is 0 Å². The average Bonchev–Trinajstić information content (AvgIpc) is 2.13. The molecule has 0 N–H and O–H groups in total. The van der Waals surface area contributed by atoms with Gasteiger partial charge in [0.2, 0.25) is 0 Å². The Morgan fingerprint density at radius 2 is 0.875 bits per heavy atom. The molecule has 0 unspecified atom stereocenters. The third kappa shape index (κ3) is 1.38. The highest BCUT2D eigenvalue weighted by molar-refractivity contribution is 7.32. The fraction of sp³-hybridized carbons (Fsp3) is 1.00. The Kier molecular flexibility index (Phi) is 2.97. The zero-order chi connectivity index (χ0) is 13.2. The van der Waals surface area contributed by atoms with Crippen LogP contribution in [0.25, 0.3) is 0 Å². The van der Waals surface area contributed by atoms with Gasteiger partial charge >= 0.3 is 16.5 Å². The topological polar surface area (TPSA) is 0 Å². The van der Waals surface area contributed by atoms with E-state index in [-0.39, 0.29) is 0 Å². The molecule has 0 saturated carbocycles. The summed E-state index contributed by atoms with van der Waals surface area (Å²) < 4.78 is 55.7. The lowest BCUT2D eigenvalue weighted by Crippen LogP contribution is -2.68. The fourth-order valence-corrected chi connectivity index (χ4v) is 11.9. The molecule has 1 heterocycles. The van der Waals surface area contributed by atoms with Crippen LogP contribution in [0.1, 0.15) is 41.5 Å². The fourth-order valence-electron chi connectivity index (χ4n) is 2.60. The summed E-state index contributed by atoms with van der Waals surface area (Å²) in [6.45, 7) is 9.47. The second-order valence-electron chi connectivity index (χ2n) is 6.13. The van der Waals surface area contributed by atoms with Gasteiger partial charge in [0.25, 0.3) is 0 Å². The zero-order valence-corrected chi connectivity index (χ0v) is 12.7. The molecule has 0 aromatic rings. The summed E-state index contributed by atoms with van der Waals surface area (Å²) in [6.07, 6.45) is 0. The molecule has 0 aromatic heterocycles. The molecule has 6 heteroatoms.